The Hall–Kier alpha value is -2.18. The first-order valence-corrected chi connectivity index (χ1v) is 6.61. The zero-order valence-electron chi connectivity index (χ0n) is 12.2. The maximum Gasteiger partial charge on any atom is 0.410 e. The van der Waals surface area contributed by atoms with Crippen LogP contribution in [0.4, 0.5) is 14.9 Å². The van der Waals surface area contributed by atoms with E-state index in [2.05, 4.69) is 0 Å². The molecular weight excluding hydrogens is 279 g/mol. The van der Waals surface area contributed by atoms with E-state index in [1.165, 1.54) is 4.90 Å². The van der Waals surface area contributed by atoms with Crippen molar-refractivity contribution in [1.29, 1.82) is 0 Å². The minimum Gasteiger partial charge on any atom is -0.444 e. The predicted octanol–water partition coefficient (Wildman–Crippen LogP) is 3.03. The van der Waals surface area contributed by atoms with Crippen LogP contribution < -0.4 is 0 Å². The summed E-state index contributed by atoms with van der Waals surface area (Å²) in [7, 11) is 0. The van der Waals surface area contributed by atoms with E-state index in [9.17, 15) is 19.3 Å². The van der Waals surface area contributed by atoms with Crippen molar-refractivity contribution in [2.24, 2.45) is 0 Å². The zero-order valence-corrected chi connectivity index (χ0v) is 12.2. The van der Waals surface area contributed by atoms with Crippen molar-refractivity contribution in [3.63, 3.8) is 0 Å². The van der Waals surface area contributed by atoms with E-state index < -0.39 is 22.4 Å². The van der Waals surface area contributed by atoms with Crippen LogP contribution in [0, 0.1) is 15.9 Å². The number of carbonyl (C=O) groups excluding carboxylic acids is 1. The van der Waals surface area contributed by atoms with Gasteiger partial charge < -0.3 is 9.64 Å². The van der Waals surface area contributed by atoms with Crippen LogP contribution in [0.2, 0.25) is 0 Å². The summed E-state index contributed by atoms with van der Waals surface area (Å²) in [5.41, 5.74) is -0.185. The zero-order chi connectivity index (χ0) is 15.8. The number of fused-ring (bicyclic) bond motifs is 1. The first-order chi connectivity index (χ1) is 9.69. The Kier molecular flexibility index (Phi) is 3.85. The molecule has 0 saturated carbocycles. The van der Waals surface area contributed by atoms with Gasteiger partial charge in [-0.1, -0.05) is 0 Å². The van der Waals surface area contributed by atoms with Crippen molar-refractivity contribution in [2.45, 2.75) is 39.3 Å². The average molecular weight is 296 g/mol. The molecule has 2 rings (SSSR count). The molecular formula is C14H17FN2O4. The lowest BCUT2D eigenvalue weighted by atomic mass is 9.97. The van der Waals surface area contributed by atoms with Gasteiger partial charge in [0, 0.05) is 23.7 Å². The molecule has 0 radical (unpaired) electrons. The SMILES string of the molecule is CC(C)(C)OC(=O)N1CCc2c([N+](=O)[O-])ccc(F)c2C1. The van der Waals surface area contributed by atoms with E-state index in [1.807, 2.05) is 0 Å². The molecule has 0 aromatic heterocycles. The van der Waals surface area contributed by atoms with Crippen molar-refractivity contribution in [1.82, 2.24) is 4.90 Å². The normalized spacial score (nSPS) is 14.6. The van der Waals surface area contributed by atoms with E-state index in [0.717, 1.165) is 12.1 Å². The topological polar surface area (TPSA) is 72.7 Å². The summed E-state index contributed by atoms with van der Waals surface area (Å²) >= 11 is 0. The van der Waals surface area contributed by atoms with Crippen molar-refractivity contribution < 1.29 is 18.8 Å². The molecule has 1 heterocycles. The summed E-state index contributed by atoms with van der Waals surface area (Å²) < 4.78 is 19.1. The Morgan fingerprint density at radius 2 is 2.05 bits per heavy atom. The fraction of sp³-hybridized carbons (Fsp3) is 0.500. The molecule has 1 aliphatic rings. The first-order valence-electron chi connectivity index (χ1n) is 6.61. The van der Waals surface area contributed by atoms with Crippen LogP contribution in [-0.2, 0) is 17.7 Å². The fourth-order valence-corrected chi connectivity index (χ4v) is 2.27. The van der Waals surface area contributed by atoms with E-state index in [4.69, 9.17) is 4.74 Å². The van der Waals surface area contributed by atoms with Gasteiger partial charge in [-0.2, -0.15) is 0 Å². The highest BCUT2D eigenvalue weighted by molar-refractivity contribution is 5.69. The minimum atomic E-state index is -0.640. The molecule has 0 bridgehead atoms. The molecule has 0 N–H and O–H groups in total. The number of ether oxygens (including phenoxy) is 1. The lowest BCUT2D eigenvalue weighted by Gasteiger charge is -2.31. The molecule has 6 nitrogen and oxygen atoms in total. The molecule has 114 valence electrons. The van der Waals surface area contributed by atoms with Crippen molar-refractivity contribution in [3.05, 3.63) is 39.2 Å². The van der Waals surface area contributed by atoms with Crippen LogP contribution in [0.25, 0.3) is 0 Å². The van der Waals surface area contributed by atoms with Gasteiger partial charge in [0.25, 0.3) is 5.69 Å². The van der Waals surface area contributed by atoms with Gasteiger partial charge in [0.05, 0.1) is 11.5 Å². The Balaban J connectivity index is 2.27. The molecule has 0 aliphatic carbocycles. The molecule has 0 unspecified atom stereocenters. The van der Waals surface area contributed by atoms with Gasteiger partial charge in [-0.05, 0) is 33.3 Å². The quantitative estimate of drug-likeness (QED) is 0.590. The number of amides is 1. The number of carbonyl (C=O) groups is 1. The first kappa shape index (κ1) is 15.2. The number of nitro groups is 1. The largest absolute Gasteiger partial charge is 0.444 e. The van der Waals surface area contributed by atoms with Gasteiger partial charge in [0.1, 0.15) is 11.4 Å². The summed E-state index contributed by atoms with van der Waals surface area (Å²) in [6, 6.07) is 2.23. The number of hydrogen-bond donors (Lipinski definition) is 0. The summed E-state index contributed by atoms with van der Waals surface area (Å²) in [5.74, 6) is -0.538. The third-order valence-corrected chi connectivity index (χ3v) is 3.18. The van der Waals surface area contributed by atoms with Crippen LogP contribution >= 0.6 is 0 Å². The Morgan fingerprint density at radius 1 is 1.38 bits per heavy atom. The molecule has 0 saturated heterocycles. The minimum absolute atomic E-state index is 0.0161. The second-order valence-electron chi connectivity index (χ2n) is 5.93. The maximum absolute atomic E-state index is 13.9. The smallest absolute Gasteiger partial charge is 0.410 e. The Labute approximate surface area is 121 Å². The highest BCUT2D eigenvalue weighted by Crippen LogP contribution is 2.30. The van der Waals surface area contributed by atoms with Crippen LogP contribution in [0.1, 0.15) is 31.9 Å². The standard InChI is InChI=1S/C14H17FN2O4/c1-14(2,3)21-13(18)16-7-6-9-10(8-16)11(15)4-5-12(9)17(19)20/h4-5H,6-8H2,1-3H3. The van der Waals surface area contributed by atoms with Crippen molar-refractivity contribution in [2.75, 3.05) is 6.54 Å². The highest BCUT2D eigenvalue weighted by Gasteiger charge is 2.31. The molecule has 0 atom stereocenters. The molecule has 1 aromatic carbocycles. The summed E-state index contributed by atoms with van der Waals surface area (Å²) in [5, 5.41) is 11.0. The third-order valence-electron chi connectivity index (χ3n) is 3.18. The third kappa shape index (κ3) is 3.29. The Morgan fingerprint density at radius 3 is 2.62 bits per heavy atom. The monoisotopic (exact) mass is 296 g/mol. The number of nitrogens with zero attached hydrogens (tertiary/aromatic N) is 2. The lowest BCUT2D eigenvalue weighted by Crippen LogP contribution is -2.40. The van der Waals surface area contributed by atoms with Gasteiger partial charge in [-0.25, -0.2) is 9.18 Å². The average Bonchev–Trinajstić information content (AvgIpc) is 2.36. The van der Waals surface area contributed by atoms with Crippen LogP contribution in [0.15, 0.2) is 12.1 Å². The van der Waals surface area contributed by atoms with Crippen molar-refractivity contribution >= 4 is 11.8 Å². The number of nitro benzene ring substituents is 1. The molecule has 1 aromatic rings. The van der Waals surface area contributed by atoms with Crippen LogP contribution in [0.5, 0.6) is 0 Å². The number of halogens is 1. The predicted molar refractivity (Wildman–Crippen MR) is 73.4 cm³/mol. The summed E-state index contributed by atoms with van der Waals surface area (Å²) in [4.78, 5) is 23.8. The summed E-state index contributed by atoms with van der Waals surface area (Å²) in [6.07, 6.45) is -0.304. The molecule has 0 spiro atoms. The van der Waals surface area contributed by atoms with Crippen molar-refractivity contribution in [3.8, 4) is 0 Å². The van der Waals surface area contributed by atoms with Gasteiger partial charge in [0.15, 0.2) is 0 Å². The molecule has 7 heteroatoms. The van der Waals surface area contributed by atoms with Gasteiger partial charge in [0.2, 0.25) is 0 Å². The molecule has 0 fully saturated rings. The number of hydrogen-bond acceptors (Lipinski definition) is 4. The van der Waals surface area contributed by atoms with E-state index >= 15 is 0 Å². The van der Waals surface area contributed by atoms with Crippen LogP contribution in [0.3, 0.4) is 0 Å². The van der Waals surface area contributed by atoms with Gasteiger partial charge in [-0.15, -0.1) is 0 Å². The van der Waals surface area contributed by atoms with E-state index in [-0.39, 0.29) is 30.8 Å². The number of benzene rings is 1. The second kappa shape index (κ2) is 5.31. The molecule has 1 amide bonds. The highest BCUT2D eigenvalue weighted by atomic mass is 19.1. The summed E-state index contributed by atoms with van der Waals surface area (Å²) in [6.45, 7) is 5.49. The molecule has 1 aliphatic heterocycles. The Bertz CT molecular complexity index is 595. The van der Waals surface area contributed by atoms with Crippen LogP contribution in [-0.4, -0.2) is 28.1 Å². The maximum atomic E-state index is 13.9. The number of rotatable bonds is 1. The van der Waals surface area contributed by atoms with Gasteiger partial charge >= 0.3 is 6.09 Å². The van der Waals surface area contributed by atoms with E-state index in [1.54, 1.807) is 20.8 Å². The van der Waals surface area contributed by atoms with E-state index in [0.29, 0.717) is 5.56 Å². The fourth-order valence-electron chi connectivity index (χ4n) is 2.27. The lowest BCUT2D eigenvalue weighted by molar-refractivity contribution is -0.385. The second-order valence-corrected chi connectivity index (χ2v) is 5.93. The van der Waals surface area contributed by atoms with Gasteiger partial charge in [-0.3, -0.25) is 10.1 Å². The molecule has 21 heavy (non-hydrogen) atoms.